The van der Waals surface area contributed by atoms with Gasteiger partial charge in [-0.05, 0) is 54.4 Å². The van der Waals surface area contributed by atoms with Gasteiger partial charge in [0.1, 0.15) is 11.3 Å². The number of carbonyl (C=O) groups excluding carboxylic acids is 1. The number of amides is 1. The third-order valence-corrected chi connectivity index (χ3v) is 6.83. The van der Waals surface area contributed by atoms with E-state index < -0.39 is 21.5 Å². The van der Waals surface area contributed by atoms with Crippen LogP contribution in [0.15, 0.2) is 94.6 Å². The van der Waals surface area contributed by atoms with Gasteiger partial charge >= 0.3 is 0 Å². The Hall–Kier alpha value is -4.37. The predicted octanol–water partition coefficient (Wildman–Crippen LogP) is 4.41. The molecule has 4 aromatic rings. The molecular weight excluding hydrogens is 466 g/mol. The molecule has 0 aliphatic carbocycles. The fourth-order valence-corrected chi connectivity index (χ4v) is 4.88. The fourth-order valence-electron chi connectivity index (χ4n) is 3.53. The van der Waals surface area contributed by atoms with E-state index >= 15 is 0 Å². The molecule has 0 fully saturated rings. The van der Waals surface area contributed by atoms with E-state index in [4.69, 9.17) is 4.74 Å². The normalized spacial score (nSPS) is 11.0. The highest BCUT2D eigenvalue weighted by Gasteiger charge is 2.20. The molecule has 0 saturated carbocycles. The first-order valence-electron chi connectivity index (χ1n) is 10.6. The van der Waals surface area contributed by atoms with Crippen molar-refractivity contribution in [3.63, 3.8) is 0 Å². The number of sulfonamides is 1. The van der Waals surface area contributed by atoms with Crippen molar-refractivity contribution >= 4 is 27.3 Å². The average Bonchev–Trinajstić information content (AvgIpc) is 2.85. The molecule has 3 N–H and O–H groups in total. The summed E-state index contributed by atoms with van der Waals surface area (Å²) >= 11 is 0. The highest BCUT2D eigenvalue weighted by molar-refractivity contribution is 7.92. The van der Waals surface area contributed by atoms with Gasteiger partial charge in [-0.25, -0.2) is 8.42 Å². The molecule has 0 atom stereocenters. The smallest absolute Gasteiger partial charge is 0.262 e. The van der Waals surface area contributed by atoms with Gasteiger partial charge in [-0.15, -0.1) is 0 Å². The lowest BCUT2D eigenvalue weighted by molar-refractivity contribution is 0.102. The van der Waals surface area contributed by atoms with E-state index in [0.29, 0.717) is 17.0 Å². The average molecular weight is 490 g/mol. The van der Waals surface area contributed by atoms with Crippen LogP contribution in [0.3, 0.4) is 0 Å². The topological polar surface area (TPSA) is 117 Å². The Morgan fingerprint density at radius 2 is 1.63 bits per heavy atom. The molecule has 8 nitrogen and oxygen atoms in total. The lowest BCUT2D eigenvalue weighted by atomic mass is 10.1. The monoisotopic (exact) mass is 489 g/mol. The highest BCUT2D eigenvalue weighted by Crippen LogP contribution is 2.28. The number of hydrogen-bond donors (Lipinski definition) is 3. The number of anilines is 2. The number of rotatable bonds is 7. The molecule has 1 heterocycles. The quantitative estimate of drug-likeness (QED) is 0.355. The number of benzene rings is 3. The van der Waals surface area contributed by atoms with Crippen LogP contribution >= 0.6 is 0 Å². The first-order valence-corrected chi connectivity index (χ1v) is 12.1. The summed E-state index contributed by atoms with van der Waals surface area (Å²) in [5.41, 5.74) is 1.74. The van der Waals surface area contributed by atoms with Gasteiger partial charge in [-0.2, -0.15) is 0 Å². The van der Waals surface area contributed by atoms with Crippen LogP contribution in [0.4, 0.5) is 11.4 Å². The third-order valence-electron chi connectivity index (χ3n) is 5.33. The second-order valence-electron chi connectivity index (χ2n) is 7.72. The first-order chi connectivity index (χ1) is 16.8. The van der Waals surface area contributed by atoms with Gasteiger partial charge < -0.3 is 15.0 Å². The van der Waals surface area contributed by atoms with E-state index in [2.05, 4.69) is 15.0 Å². The summed E-state index contributed by atoms with van der Waals surface area (Å²) in [4.78, 5) is 28.0. The Bertz CT molecular complexity index is 1550. The second kappa shape index (κ2) is 9.86. The van der Waals surface area contributed by atoms with Gasteiger partial charge in [-0.1, -0.05) is 48.5 Å². The minimum absolute atomic E-state index is 0.0189. The molecule has 9 heteroatoms. The van der Waals surface area contributed by atoms with Crippen molar-refractivity contribution in [1.82, 2.24) is 4.98 Å². The maximum Gasteiger partial charge on any atom is 0.262 e. The molecule has 4 rings (SSSR count). The third kappa shape index (κ3) is 5.25. The van der Waals surface area contributed by atoms with Crippen LogP contribution in [0, 0.1) is 6.92 Å². The number of methoxy groups -OCH3 is 1. The van der Waals surface area contributed by atoms with Gasteiger partial charge in [0, 0.05) is 11.4 Å². The Morgan fingerprint density at radius 3 is 2.34 bits per heavy atom. The largest absolute Gasteiger partial charge is 0.495 e. The van der Waals surface area contributed by atoms with Crippen LogP contribution in [0.1, 0.15) is 15.9 Å². The Balaban J connectivity index is 1.58. The van der Waals surface area contributed by atoms with E-state index in [1.165, 1.54) is 19.2 Å². The molecule has 0 bridgehead atoms. The molecule has 1 aromatic heterocycles. The molecule has 0 saturated heterocycles. The number of ether oxygens (including phenoxy) is 1. The molecule has 0 aliphatic rings. The van der Waals surface area contributed by atoms with E-state index in [1.54, 1.807) is 49.4 Å². The number of aromatic amines is 1. The summed E-state index contributed by atoms with van der Waals surface area (Å²) in [5.74, 6) is -0.285. The number of para-hydroxylation sites is 2. The van der Waals surface area contributed by atoms with Gasteiger partial charge in [0.25, 0.3) is 21.5 Å². The zero-order valence-corrected chi connectivity index (χ0v) is 19.8. The maximum absolute atomic E-state index is 13.1. The molecule has 0 radical (unpaired) electrons. The zero-order chi connectivity index (χ0) is 25.0. The summed E-state index contributed by atoms with van der Waals surface area (Å²) in [6.45, 7) is 1.65. The van der Waals surface area contributed by atoms with Crippen molar-refractivity contribution in [2.45, 2.75) is 11.8 Å². The van der Waals surface area contributed by atoms with Crippen LogP contribution in [0.25, 0.3) is 11.3 Å². The van der Waals surface area contributed by atoms with Crippen molar-refractivity contribution in [1.29, 1.82) is 0 Å². The number of nitrogens with one attached hydrogen (secondary N) is 3. The second-order valence-corrected chi connectivity index (χ2v) is 9.37. The Morgan fingerprint density at radius 1 is 0.914 bits per heavy atom. The number of H-pyrrole nitrogens is 1. The van der Waals surface area contributed by atoms with E-state index in [1.807, 2.05) is 30.3 Å². The molecule has 35 heavy (non-hydrogen) atoms. The van der Waals surface area contributed by atoms with Crippen molar-refractivity contribution < 1.29 is 17.9 Å². The van der Waals surface area contributed by atoms with Crippen molar-refractivity contribution in [3.05, 3.63) is 106 Å². The zero-order valence-electron chi connectivity index (χ0n) is 19.0. The van der Waals surface area contributed by atoms with Crippen LogP contribution in [0.5, 0.6) is 5.75 Å². The Kier molecular flexibility index (Phi) is 6.70. The van der Waals surface area contributed by atoms with Crippen molar-refractivity contribution in [2.75, 3.05) is 17.1 Å². The van der Waals surface area contributed by atoms with Crippen LogP contribution in [0.2, 0.25) is 0 Å². The molecule has 0 unspecified atom stereocenters. The Labute approximate surface area is 202 Å². The van der Waals surface area contributed by atoms with Gasteiger partial charge in [0.15, 0.2) is 0 Å². The molecule has 0 aliphatic heterocycles. The van der Waals surface area contributed by atoms with Crippen LogP contribution in [-0.2, 0) is 10.0 Å². The minimum Gasteiger partial charge on any atom is -0.495 e. The van der Waals surface area contributed by atoms with Gasteiger partial charge in [0.2, 0.25) is 0 Å². The predicted molar refractivity (Wildman–Crippen MR) is 135 cm³/mol. The number of hydrogen-bond acceptors (Lipinski definition) is 5. The van der Waals surface area contributed by atoms with Gasteiger partial charge in [-0.3, -0.25) is 14.3 Å². The lowest BCUT2D eigenvalue weighted by Gasteiger charge is -2.14. The number of pyridine rings is 1. The lowest BCUT2D eigenvalue weighted by Crippen LogP contribution is -2.23. The molecule has 1 amide bonds. The van der Waals surface area contributed by atoms with Crippen LogP contribution < -0.4 is 20.3 Å². The summed E-state index contributed by atoms with van der Waals surface area (Å²) in [7, 11) is -2.55. The van der Waals surface area contributed by atoms with Crippen molar-refractivity contribution in [3.8, 4) is 17.0 Å². The van der Waals surface area contributed by atoms with E-state index in [9.17, 15) is 18.0 Å². The molecule has 178 valence electrons. The molecule has 0 spiro atoms. The summed E-state index contributed by atoms with van der Waals surface area (Å²) in [6.07, 6.45) is 0. The van der Waals surface area contributed by atoms with Gasteiger partial charge in [0.05, 0.1) is 17.7 Å². The molecular formula is C26H23N3O5S. The minimum atomic E-state index is -3.99. The standard InChI is InChI=1S/C26H23N3O5S/c1-17-12-13-19(16-24(17)35(32,33)29-22-10-6-7-11-23(22)34-2)27-25(30)20-14-15-21(28-26(20)31)18-8-4-3-5-9-18/h3-16,29H,1-2H3,(H,27,30)(H,28,31). The number of aromatic nitrogens is 1. The summed E-state index contributed by atoms with van der Waals surface area (Å²) in [6, 6.07) is 23.5. The first kappa shape index (κ1) is 23.8. The molecule has 3 aromatic carbocycles. The van der Waals surface area contributed by atoms with E-state index in [0.717, 1.165) is 5.56 Å². The van der Waals surface area contributed by atoms with Crippen molar-refractivity contribution in [2.24, 2.45) is 0 Å². The summed E-state index contributed by atoms with van der Waals surface area (Å²) in [5, 5.41) is 2.61. The number of aryl methyl sites for hydroxylation is 1. The van der Waals surface area contributed by atoms with E-state index in [-0.39, 0.29) is 21.8 Å². The summed E-state index contributed by atoms with van der Waals surface area (Å²) < 4.78 is 33.9. The maximum atomic E-state index is 13.1. The highest BCUT2D eigenvalue weighted by atomic mass is 32.2. The number of carbonyl (C=O) groups is 1. The fraction of sp³-hybridized carbons (Fsp3) is 0.0769. The SMILES string of the molecule is COc1ccccc1NS(=O)(=O)c1cc(NC(=O)c2ccc(-c3ccccc3)[nH]c2=O)ccc1C. The van der Waals surface area contributed by atoms with Crippen LogP contribution in [-0.4, -0.2) is 26.4 Å².